The van der Waals surface area contributed by atoms with E-state index in [4.69, 9.17) is 14.2 Å². The lowest BCUT2D eigenvalue weighted by molar-refractivity contribution is -0.144. The molecule has 0 aliphatic heterocycles. The maximum atomic E-state index is 12.7. The van der Waals surface area contributed by atoms with Crippen LogP contribution >= 0.6 is 0 Å². The average Bonchev–Trinajstić information content (AvgIpc) is 3.16. The summed E-state index contributed by atoms with van der Waals surface area (Å²) in [5, 5.41) is 0. The van der Waals surface area contributed by atoms with E-state index in [1.165, 1.54) is 7.11 Å². The van der Waals surface area contributed by atoms with Gasteiger partial charge in [0.25, 0.3) is 0 Å². The molecule has 0 aromatic carbocycles. The lowest BCUT2D eigenvalue weighted by atomic mass is 9.94. The Morgan fingerprint density at radius 1 is 1.16 bits per heavy atom. The van der Waals surface area contributed by atoms with E-state index in [0.29, 0.717) is 18.5 Å². The molecule has 9 heteroatoms. The highest BCUT2D eigenvalue weighted by molar-refractivity contribution is 5.88. The predicted octanol–water partition coefficient (Wildman–Crippen LogP) is 4.05. The summed E-state index contributed by atoms with van der Waals surface area (Å²) >= 11 is 0. The minimum atomic E-state index is -0.785. The van der Waals surface area contributed by atoms with E-state index in [-0.39, 0.29) is 24.3 Å². The number of imidazole rings is 1. The van der Waals surface area contributed by atoms with Crippen LogP contribution in [0.4, 0.5) is 9.59 Å². The van der Waals surface area contributed by atoms with E-state index in [0.717, 1.165) is 4.90 Å². The van der Waals surface area contributed by atoms with Gasteiger partial charge < -0.3 is 18.8 Å². The first-order chi connectivity index (χ1) is 14.6. The standard InChI is InChI=1S/C23H37N3O6/c1-15(10-16-11-23(16,18(27)30-9)17-13-25(8)14-24-17)12-26(19(28)31-21(2,3)4)20(29)32-22(5,6)7/h13-16H,10-12H2,1-9H3. The number of nitrogens with zero attached hydrogens (tertiary/aromatic N) is 3. The van der Waals surface area contributed by atoms with Crippen molar-refractivity contribution < 1.29 is 28.6 Å². The molecule has 1 heterocycles. The number of carbonyl (C=O) groups excluding carboxylic acids is 3. The van der Waals surface area contributed by atoms with Crippen LogP contribution in [0.5, 0.6) is 0 Å². The van der Waals surface area contributed by atoms with Crippen LogP contribution in [0.3, 0.4) is 0 Å². The van der Waals surface area contributed by atoms with Crippen LogP contribution in [-0.4, -0.2) is 57.5 Å². The number of imide groups is 1. The first-order valence-electron chi connectivity index (χ1n) is 10.9. The van der Waals surface area contributed by atoms with Crippen LogP contribution in [0.2, 0.25) is 0 Å². The topological polar surface area (TPSA) is 100.0 Å². The van der Waals surface area contributed by atoms with Crippen molar-refractivity contribution in [3.8, 4) is 0 Å². The molecular formula is C23H37N3O6. The number of carbonyl (C=O) groups is 3. The molecule has 0 bridgehead atoms. The summed E-state index contributed by atoms with van der Waals surface area (Å²) in [5.74, 6) is -0.418. The maximum Gasteiger partial charge on any atom is 0.419 e. The summed E-state index contributed by atoms with van der Waals surface area (Å²) in [7, 11) is 3.22. The van der Waals surface area contributed by atoms with Crippen LogP contribution in [0, 0.1) is 11.8 Å². The SMILES string of the molecule is COC(=O)C1(c2cn(C)cn2)CC1CC(C)CN(C(=O)OC(C)(C)C)C(=O)OC(C)(C)C. The van der Waals surface area contributed by atoms with E-state index in [9.17, 15) is 14.4 Å². The minimum Gasteiger partial charge on any atom is -0.468 e. The van der Waals surface area contributed by atoms with Gasteiger partial charge in [-0.3, -0.25) is 4.79 Å². The highest BCUT2D eigenvalue weighted by Crippen LogP contribution is 2.57. The van der Waals surface area contributed by atoms with Crippen molar-refractivity contribution in [1.82, 2.24) is 14.5 Å². The zero-order valence-corrected chi connectivity index (χ0v) is 20.7. The molecule has 1 aromatic rings. The van der Waals surface area contributed by atoms with Gasteiger partial charge in [-0.1, -0.05) is 6.92 Å². The lowest BCUT2D eigenvalue weighted by Crippen LogP contribution is -2.45. The average molecular weight is 452 g/mol. The molecular weight excluding hydrogens is 414 g/mol. The number of aromatic nitrogens is 2. The summed E-state index contributed by atoms with van der Waals surface area (Å²) in [5.41, 5.74) is -1.61. The molecule has 1 aliphatic carbocycles. The Bertz CT molecular complexity index is 823. The molecule has 0 radical (unpaired) electrons. The Labute approximate surface area is 190 Å². The Hall–Kier alpha value is -2.58. The smallest absolute Gasteiger partial charge is 0.419 e. The molecule has 2 rings (SSSR count). The summed E-state index contributed by atoms with van der Waals surface area (Å²) < 4.78 is 17.7. The number of aryl methyl sites for hydroxylation is 1. The molecule has 2 amide bonds. The molecule has 1 saturated carbocycles. The quantitative estimate of drug-likeness (QED) is 0.475. The molecule has 0 spiro atoms. The maximum absolute atomic E-state index is 12.7. The number of hydrogen-bond acceptors (Lipinski definition) is 7. The third-order valence-electron chi connectivity index (χ3n) is 5.23. The summed E-state index contributed by atoms with van der Waals surface area (Å²) in [6.07, 6.45) is 3.20. The van der Waals surface area contributed by atoms with Gasteiger partial charge >= 0.3 is 18.2 Å². The van der Waals surface area contributed by atoms with Gasteiger partial charge in [-0.25, -0.2) is 19.5 Å². The van der Waals surface area contributed by atoms with Crippen molar-refractivity contribution in [1.29, 1.82) is 0 Å². The highest BCUT2D eigenvalue weighted by atomic mass is 16.6. The van der Waals surface area contributed by atoms with Crippen LogP contribution < -0.4 is 0 Å². The number of methoxy groups -OCH3 is 1. The second-order valence-corrected chi connectivity index (χ2v) is 10.7. The van der Waals surface area contributed by atoms with Crippen molar-refractivity contribution in [3.63, 3.8) is 0 Å². The molecule has 1 aromatic heterocycles. The van der Waals surface area contributed by atoms with Gasteiger partial charge in [-0.15, -0.1) is 0 Å². The van der Waals surface area contributed by atoms with Gasteiger partial charge in [0.05, 0.1) is 19.1 Å². The van der Waals surface area contributed by atoms with Crippen LogP contribution in [0.15, 0.2) is 12.5 Å². The van der Waals surface area contributed by atoms with E-state index in [2.05, 4.69) is 4.98 Å². The predicted molar refractivity (Wildman–Crippen MR) is 118 cm³/mol. The Kier molecular flexibility index (Phi) is 7.31. The fraction of sp³-hybridized carbons (Fsp3) is 0.739. The first-order valence-corrected chi connectivity index (χ1v) is 10.9. The zero-order valence-electron chi connectivity index (χ0n) is 20.7. The number of rotatable bonds is 6. The molecule has 1 fully saturated rings. The van der Waals surface area contributed by atoms with Crippen molar-refractivity contribution in [3.05, 3.63) is 18.2 Å². The Balaban J connectivity index is 2.15. The molecule has 180 valence electrons. The molecule has 32 heavy (non-hydrogen) atoms. The van der Waals surface area contributed by atoms with Crippen LogP contribution in [0.25, 0.3) is 0 Å². The summed E-state index contributed by atoms with van der Waals surface area (Å²) in [4.78, 5) is 43.5. The molecule has 3 atom stereocenters. The minimum absolute atomic E-state index is 0.000951. The van der Waals surface area contributed by atoms with Crippen LogP contribution in [-0.2, 0) is 31.5 Å². The number of amides is 2. The largest absolute Gasteiger partial charge is 0.468 e. The lowest BCUT2D eigenvalue weighted by Gasteiger charge is -2.30. The number of ether oxygens (including phenoxy) is 3. The summed E-state index contributed by atoms with van der Waals surface area (Å²) in [6, 6.07) is 0. The van der Waals surface area contributed by atoms with Crippen LogP contribution in [0.1, 0.15) is 67.0 Å². The molecule has 9 nitrogen and oxygen atoms in total. The van der Waals surface area contributed by atoms with Gasteiger partial charge in [-0.05, 0) is 66.2 Å². The molecule has 3 unspecified atom stereocenters. The highest BCUT2D eigenvalue weighted by Gasteiger charge is 2.63. The van der Waals surface area contributed by atoms with E-state index >= 15 is 0 Å². The van der Waals surface area contributed by atoms with Crippen molar-refractivity contribution in [2.75, 3.05) is 13.7 Å². The van der Waals surface area contributed by atoms with Gasteiger partial charge in [0, 0.05) is 19.8 Å². The third kappa shape index (κ3) is 6.23. The number of esters is 1. The Morgan fingerprint density at radius 3 is 2.09 bits per heavy atom. The molecule has 1 aliphatic rings. The van der Waals surface area contributed by atoms with Gasteiger partial charge in [0.15, 0.2) is 0 Å². The normalized spacial score (nSPS) is 21.5. The van der Waals surface area contributed by atoms with E-state index in [1.54, 1.807) is 52.4 Å². The van der Waals surface area contributed by atoms with Gasteiger partial charge in [-0.2, -0.15) is 0 Å². The Morgan fingerprint density at radius 2 is 1.69 bits per heavy atom. The van der Waals surface area contributed by atoms with Crippen molar-refractivity contribution in [2.24, 2.45) is 18.9 Å². The van der Waals surface area contributed by atoms with Crippen molar-refractivity contribution in [2.45, 2.75) is 77.9 Å². The van der Waals surface area contributed by atoms with E-state index in [1.807, 2.05) is 20.2 Å². The monoisotopic (exact) mass is 451 g/mol. The summed E-state index contributed by atoms with van der Waals surface area (Å²) in [6.45, 7) is 12.5. The fourth-order valence-corrected chi connectivity index (χ4v) is 3.84. The molecule has 0 N–H and O–H groups in total. The van der Waals surface area contributed by atoms with E-state index < -0.39 is 28.8 Å². The fourth-order valence-electron chi connectivity index (χ4n) is 3.84. The molecule has 0 saturated heterocycles. The van der Waals surface area contributed by atoms with Gasteiger partial charge in [0.2, 0.25) is 0 Å². The first kappa shape index (κ1) is 25.7. The van der Waals surface area contributed by atoms with Gasteiger partial charge in [0.1, 0.15) is 16.6 Å². The second kappa shape index (κ2) is 9.11. The zero-order chi connectivity index (χ0) is 24.5. The second-order valence-electron chi connectivity index (χ2n) is 10.7. The number of hydrogen-bond donors (Lipinski definition) is 0. The van der Waals surface area contributed by atoms with Crippen molar-refractivity contribution >= 4 is 18.2 Å². The third-order valence-corrected chi connectivity index (χ3v) is 5.23.